The lowest BCUT2D eigenvalue weighted by Crippen LogP contribution is -2.53. The highest BCUT2D eigenvalue weighted by molar-refractivity contribution is 5.89. The molecule has 6 nitrogen and oxygen atoms in total. The molecular formula is C21H24F2N4O2. The molecule has 0 aliphatic carbocycles. The van der Waals surface area contributed by atoms with Crippen molar-refractivity contribution in [1.29, 1.82) is 0 Å². The van der Waals surface area contributed by atoms with Crippen LogP contribution < -0.4 is 5.32 Å². The molecule has 8 heteroatoms. The van der Waals surface area contributed by atoms with Gasteiger partial charge in [0.1, 0.15) is 11.6 Å². The zero-order valence-corrected chi connectivity index (χ0v) is 16.3. The molecule has 1 N–H and O–H groups in total. The third kappa shape index (κ3) is 5.74. The van der Waals surface area contributed by atoms with Gasteiger partial charge in [-0.05, 0) is 25.2 Å². The second-order valence-electron chi connectivity index (χ2n) is 7.07. The maximum Gasteiger partial charge on any atom is 0.321 e. The quantitative estimate of drug-likeness (QED) is 0.837. The number of halogens is 2. The smallest absolute Gasteiger partial charge is 0.321 e. The van der Waals surface area contributed by atoms with E-state index in [1.165, 1.54) is 12.1 Å². The van der Waals surface area contributed by atoms with Crippen molar-refractivity contribution in [3.05, 3.63) is 65.7 Å². The van der Waals surface area contributed by atoms with Crippen molar-refractivity contribution in [3.8, 4) is 0 Å². The summed E-state index contributed by atoms with van der Waals surface area (Å²) in [7, 11) is 1.71. The molecule has 154 valence electrons. The second kappa shape index (κ2) is 9.47. The van der Waals surface area contributed by atoms with E-state index in [9.17, 15) is 18.4 Å². The van der Waals surface area contributed by atoms with Gasteiger partial charge in [0.25, 0.3) is 0 Å². The number of rotatable bonds is 5. The minimum Gasteiger partial charge on any atom is -0.338 e. The van der Waals surface area contributed by atoms with Gasteiger partial charge in [0.2, 0.25) is 5.91 Å². The number of likely N-dealkylation sites (N-methyl/N-ethyl adjacent to an activating group) is 1. The molecule has 2 aromatic carbocycles. The largest absolute Gasteiger partial charge is 0.338 e. The van der Waals surface area contributed by atoms with E-state index in [1.807, 2.05) is 30.3 Å². The number of nitrogens with one attached hydrogen (secondary N) is 1. The molecule has 3 amide bonds. The third-order valence-electron chi connectivity index (χ3n) is 4.81. The SMILES string of the molecule is CN(CC(=O)N1CCN(C(=O)Nc2ccccc2)CC1)Cc1ccc(F)cc1F. The number of hydrogen-bond acceptors (Lipinski definition) is 3. The van der Waals surface area contributed by atoms with Crippen molar-refractivity contribution in [1.82, 2.24) is 14.7 Å². The molecule has 1 aliphatic heterocycles. The van der Waals surface area contributed by atoms with Gasteiger partial charge < -0.3 is 15.1 Å². The van der Waals surface area contributed by atoms with Gasteiger partial charge in [-0.15, -0.1) is 0 Å². The van der Waals surface area contributed by atoms with Crippen LogP contribution in [0.15, 0.2) is 48.5 Å². The maximum absolute atomic E-state index is 13.8. The molecular weight excluding hydrogens is 378 g/mol. The molecule has 0 radical (unpaired) electrons. The van der Waals surface area contributed by atoms with Crippen LogP contribution in [0.1, 0.15) is 5.56 Å². The second-order valence-corrected chi connectivity index (χ2v) is 7.07. The van der Waals surface area contributed by atoms with Gasteiger partial charge in [0.15, 0.2) is 0 Å². The predicted octanol–water partition coefficient (Wildman–Crippen LogP) is 2.77. The molecule has 0 aromatic heterocycles. The number of amides is 3. The van der Waals surface area contributed by atoms with Crippen molar-refractivity contribution in [3.63, 3.8) is 0 Å². The lowest BCUT2D eigenvalue weighted by molar-refractivity contribution is -0.133. The van der Waals surface area contributed by atoms with Crippen molar-refractivity contribution >= 4 is 17.6 Å². The number of urea groups is 1. The summed E-state index contributed by atoms with van der Waals surface area (Å²) in [5.74, 6) is -1.33. The Morgan fingerprint density at radius 2 is 1.66 bits per heavy atom. The van der Waals surface area contributed by atoms with E-state index in [4.69, 9.17) is 0 Å². The van der Waals surface area contributed by atoms with Crippen LogP contribution in [0.5, 0.6) is 0 Å². The summed E-state index contributed by atoms with van der Waals surface area (Å²) >= 11 is 0. The summed E-state index contributed by atoms with van der Waals surface area (Å²) in [5.41, 5.74) is 1.06. The molecule has 0 atom stereocenters. The molecule has 2 aromatic rings. The Labute approximate surface area is 168 Å². The monoisotopic (exact) mass is 402 g/mol. The first-order valence-electron chi connectivity index (χ1n) is 9.43. The summed E-state index contributed by atoms with van der Waals surface area (Å²) in [6.45, 7) is 2.10. The van der Waals surface area contributed by atoms with Gasteiger partial charge in [-0.2, -0.15) is 0 Å². The fraction of sp³-hybridized carbons (Fsp3) is 0.333. The molecule has 1 fully saturated rings. The standard InChI is InChI=1S/C21H24F2N4O2/c1-25(14-16-7-8-17(22)13-19(16)23)15-20(28)26-9-11-27(12-10-26)21(29)24-18-5-3-2-4-6-18/h2-8,13H,9-12,14-15H2,1H3,(H,24,29). The van der Waals surface area contributed by atoms with Crippen LogP contribution in [0.3, 0.4) is 0 Å². The van der Waals surface area contributed by atoms with E-state index < -0.39 is 11.6 Å². The average Bonchev–Trinajstić information content (AvgIpc) is 2.71. The Kier molecular flexibility index (Phi) is 6.77. The van der Waals surface area contributed by atoms with E-state index in [1.54, 1.807) is 21.7 Å². The van der Waals surface area contributed by atoms with Gasteiger partial charge in [-0.25, -0.2) is 13.6 Å². The van der Waals surface area contributed by atoms with Crippen molar-refractivity contribution in [2.45, 2.75) is 6.54 Å². The third-order valence-corrected chi connectivity index (χ3v) is 4.81. The zero-order valence-electron chi connectivity index (χ0n) is 16.3. The first kappa shape index (κ1) is 20.7. The Bertz CT molecular complexity index is 855. The van der Waals surface area contributed by atoms with Crippen LogP contribution >= 0.6 is 0 Å². The number of piperazine rings is 1. The normalized spacial score (nSPS) is 14.2. The number of carbonyl (C=O) groups excluding carboxylic acids is 2. The fourth-order valence-electron chi connectivity index (χ4n) is 3.21. The van der Waals surface area contributed by atoms with E-state index in [2.05, 4.69) is 5.32 Å². The summed E-state index contributed by atoms with van der Waals surface area (Å²) < 4.78 is 26.8. The van der Waals surface area contributed by atoms with Gasteiger partial charge in [-0.3, -0.25) is 9.69 Å². The van der Waals surface area contributed by atoms with Crippen LogP contribution in [0.2, 0.25) is 0 Å². The van der Waals surface area contributed by atoms with E-state index in [0.29, 0.717) is 31.7 Å². The van der Waals surface area contributed by atoms with Crippen molar-refractivity contribution in [2.75, 3.05) is 45.1 Å². The first-order valence-corrected chi connectivity index (χ1v) is 9.43. The Morgan fingerprint density at radius 3 is 2.31 bits per heavy atom. The summed E-state index contributed by atoms with van der Waals surface area (Å²) in [4.78, 5) is 29.9. The fourth-order valence-corrected chi connectivity index (χ4v) is 3.21. The van der Waals surface area contributed by atoms with Gasteiger partial charge in [-0.1, -0.05) is 24.3 Å². The molecule has 1 saturated heterocycles. The minimum atomic E-state index is -0.626. The molecule has 3 rings (SSSR count). The average molecular weight is 402 g/mol. The highest BCUT2D eigenvalue weighted by Crippen LogP contribution is 2.12. The summed E-state index contributed by atoms with van der Waals surface area (Å²) in [6, 6.07) is 12.4. The Balaban J connectivity index is 1.45. The molecule has 1 heterocycles. The minimum absolute atomic E-state index is 0.0851. The molecule has 1 aliphatic rings. The molecule has 0 unspecified atom stereocenters. The van der Waals surface area contributed by atoms with Crippen LogP contribution in [0, 0.1) is 11.6 Å². The van der Waals surface area contributed by atoms with E-state index in [0.717, 1.165) is 11.8 Å². The number of hydrogen-bond donors (Lipinski definition) is 1. The number of carbonyl (C=O) groups is 2. The Hall–Kier alpha value is -3.00. The van der Waals surface area contributed by atoms with Crippen molar-refractivity contribution in [2.24, 2.45) is 0 Å². The zero-order chi connectivity index (χ0) is 20.8. The summed E-state index contributed by atoms with van der Waals surface area (Å²) in [5, 5.41) is 2.84. The lowest BCUT2D eigenvalue weighted by atomic mass is 10.2. The molecule has 0 bridgehead atoms. The highest BCUT2D eigenvalue weighted by Gasteiger charge is 2.24. The van der Waals surface area contributed by atoms with Crippen LogP contribution in [-0.2, 0) is 11.3 Å². The molecule has 0 spiro atoms. The van der Waals surface area contributed by atoms with Gasteiger partial charge in [0, 0.05) is 50.0 Å². The number of benzene rings is 2. The number of para-hydroxylation sites is 1. The predicted molar refractivity (Wildman–Crippen MR) is 106 cm³/mol. The lowest BCUT2D eigenvalue weighted by Gasteiger charge is -2.35. The van der Waals surface area contributed by atoms with Crippen molar-refractivity contribution < 1.29 is 18.4 Å². The Morgan fingerprint density at radius 1 is 1.00 bits per heavy atom. The first-order chi connectivity index (χ1) is 13.9. The van der Waals surface area contributed by atoms with Crippen LogP contribution in [0.4, 0.5) is 19.3 Å². The number of anilines is 1. The van der Waals surface area contributed by atoms with Gasteiger partial charge in [0.05, 0.1) is 6.54 Å². The summed E-state index contributed by atoms with van der Waals surface area (Å²) in [6.07, 6.45) is 0. The molecule has 29 heavy (non-hydrogen) atoms. The van der Waals surface area contributed by atoms with Gasteiger partial charge >= 0.3 is 6.03 Å². The van der Waals surface area contributed by atoms with E-state index in [-0.39, 0.29) is 25.0 Å². The van der Waals surface area contributed by atoms with Crippen LogP contribution in [-0.4, -0.2) is 66.4 Å². The topological polar surface area (TPSA) is 55.9 Å². The van der Waals surface area contributed by atoms with Crippen LogP contribution in [0.25, 0.3) is 0 Å². The molecule has 0 saturated carbocycles. The number of nitrogens with zero attached hydrogens (tertiary/aromatic N) is 3. The maximum atomic E-state index is 13.8. The highest BCUT2D eigenvalue weighted by atomic mass is 19.1. The van der Waals surface area contributed by atoms with E-state index >= 15 is 0 Å².